The molecule has 2 fully saturated rings. The summed E-state index contributed by atoms with van der Waals surface area (Å²) in [5.41, 5.74) is -0.485. The Balaban J connectivity index is 1.81. The minimum absolute atomic E-state index is 0.276. The van der Waals surface area contributed by atoms with Crippen molar-refractivity contribution in [2.75, 3.05) is 46.4 Å². The monoisotopic (exact) mass is 270 g/mol. The molecule has 0 aromatic heterocycles. The van der Waals surface area contributed by atoms with Crippen molar-refractivity contribution in [1.82, 2.24) is 9.80 Å². The number of piperidine rings is 1. The number of likely N-dealkylation sites (N-methyl/N-ethyl adjacent to an activating group) is 1. The van der Waals surface area contributed by atoms with Crippen LogP contribution in [-0.2, 0) is 9.53 Å². The first-order valence-corrected chi connectivity index (χ1v) is 7.31. The molecule has 0 aromatic carbocycles. The summed E-state index contributed by atoms with van der Waals surface area (Å²) in [6, 6.07) is 0. The molecule has 2 aliphatic heterocycles. The maximum atomic E-state index is 11.4. The fourth-order valence-electron chi connectivity index (χ4n) is 3.15. The molecule has 0 radical (unpaired) electrons. The molecule has 1 unspecified atom stereocenters. The first kappa shape index (κ1) is 14.8. The molecule has 5 nitrogen and oxygen atoms in total. The van der Waals surface area contributed by atoms with Gasteiger partial charge in [-0.25, -0.2) is 0 Å². The van der Waals surface area contributed by atoms with Crippen molar-refractivity contribution in [3.8, 4) is 0 Å². The summed E-state index contributed by atoms with van der Waals surface area (Å²) >= 11 is 0. The molecule has 0 amide bonds. The van der Waals surface area contributed by atoms with E-state index in [0.29, 0.717) is 0 Å². The summed E-state index contributed by atoms with van der Waals surface area (Å²) in [6.45, 7) is 7.48. The Morgan fingerprint density at radius 1 is 1.37 bits per heavy atom. The van der Waals surface area contributed by atoms with E-state index in [4.69, 9.17) is 4.74 Å². The van der Waals surface area contributed by atoms with Gasteiger partial charge in [0.2, 0.25) is 0 Å². The van der Waals surface area contributed by atoms with E-state index in [0.717, 1.165) is 58.6 Å². The van der Waals surface area contributed by atoms with Crippen LogP contribution in [0.2, 0.25) is 0 Å². The van der Waals surface area contributed by atoms with Gasteiger partial charge in [-0.05, 0) is 39.4 Å². The lowest BCUT2D eigenvalue weighted by Gasteiger charge is -2.40. The number of carboxylic acids is 1. The Kier molecular flexibility index (Phi) is 4.81. The summed E-state index contributed by atoms with van der Waals surface area (Å²) in [5, 5.41) is 9.38. The highest BCUT2D eigenvalue weighted by Crippen LogP contribution is 2.35. The quantitative estimate of drug-likeness (QED) is 0.822. The number of likely N-dealkylation sites (tertiary alicyclic amines) is 1. The zero-order valence-corrected chi connectivity index (χ0v) is 12.1. The SMILES string of the molecule is CCC1(C(=O)O)CCN(CC2CN(C)CCO2)CC1. The van der Waals surface area contributed by atoms with Crippen molar-refractivity contribution in [1.29, 1.82) is 0 Å². The second-order valence-corrected chi connectivity index (χ2v) is 5.99. The summed E-state index contributed by atoms with van der Waals surface area (Å²) in [5.74, 6) is -0.622. The van der Waals surface area contributed by atoms with Gasteiger partial charge in [0.05, 0.1) is 18.1 Å². The largest absolute Gasteiger partial charge is 0.481 e. The zero-order chi connectivity index (χ0) is 13.9. The molecule has 0 aromatic rings. The second kappa shape index (κ2) is 6.20. The van der Waals surface area contributed by atoms with Crippen molar-refractivity contribution in [2.45, 2.75) is 32.3 Å². The molecular weight excluding hydrogens is 244 g/mol. The van der Waals surface area contributed by atoms with Crippen molar-refractivity contribution >= 4 is 5.97 Å². The van der Waals surface area contributed by atoms with Gasteiger partial charge in [-0.2, -0.15) is 0 Å². The predicted molar refractivity (Wildman–Crippen MR) is 73.3 cm³/mol. The first-order chi connectivity index (χ1) is 9.05. The van der Waals surface area contributed by atoms with Gasteiger partial charge in [0.15, 0.2) is 0 Å². The van der Waals surface area contributed by atoms with Crippen molar-refractivity contribution in [3.63, 3.8) is 0 Å². The van der Waals surface area contributed by atoms with Crippen LogP contribution in [-0.4, -0.2) is 73.4 Å². The van der Waals surface area contributed by atoms with Crippen LogP contribution in [0.25, 0.3) is 0 Å². The van der Waals surface area contributed by atoms with Crippen LogP contribution in [0.15, 0.2) is 0 Å². The van der Waals surface area contributed by atoms with E-state index >= 15 is 0 Å². The Morgan fingerprint density at radius 3 is 2.58 bits per heavy atom. The third kappa shape index (κ3) is 3.46. The van der Waals surface area contributed by atoms with Gasteiger partial charge in [-0.1, -0.05) is 6.92 Å². The first-order valence-electron chi connectivity index (χ1n) is 7.31. The topological polar surface area (TPSA) is 53.0 Å². The molecule has 0 bridgehead atoms. The maximum Gasteiger partial charge on any atom is 0.309 e. The van der Waals surface area contributed by atoms with Gasteiger partial charge < -0.3 is 19.6 Å². The number of rotatable bonds is 4. The number of ether oxygens (including phenoxy) is 1. The van der Waals surface area contributed by atoms with Gasteiger partial charge in [0.1, 0.15) is 0 Å². The lowest BCUT2D eigenvalue weighted by Crippen LogP contribution is -2.50. The second-order valence-electron chi connectivity index (χ2n) is 5.99. The van der Waals surface area contributed by atoms with Gasteiger partial charge >= 0.3 is 5.97 Å². The van der Waals surface area contributed by atoms with E-state index in [2.05, 4.69) is 16.8 Å². The molecule has 1 atom stereocenters. The molecule has 2 saturated heterocycles. The van der Waals surface area contributed by atoms with Gasteiger partial charge in [-0.3, -0.25) is 4.79 Å². The molecule has 1 N–H and O–H groups in total. The molecule has 110 valence electrons. The van der Waals surface area contributed by atoms with Gasteiger partial charge in [-0.15, -0.1) is 0 Å². The third-order valence-corrected chi connectivity index (χ3v) is 4.75. The molecule has 5 heteroatoms. The lowest BCUT2D eigenvalue weighted by atomic mass is 9.76. The number of hydrogen-bond acceptors (Lipinski definition) is 4. The van der Waals surface area contributed by atoms with Crippen LogP contribution in [0.1, 0.15) is 26.2 Å². The molecule has 0 aliphatic carbocycles. The lowest BCUT2D eigenvalue weighted by molar-refractivity contribution is -0.152. The normalized spacial score (nSPS) is 29.3. The fraction of sp³-hybridized carbons (Fsp3) is 0.929. The minimum atomic E-state index is -0.622. The van der Waals surface area contributed by atoms with E-state index in [9.17, 15) is 9.90 Å². The highest BCUT2D eigenvalue weighted by molar-refractivity contribution is 5.74. The van der Waals surface area contributed by atoms with Crippen LogP contribution in [0.4, 0.5) is 0 Å². The Hall–Kier alpha value is -0.650. The van der Waals surface area contributed by atoms with Gasteiger partial charge in [0.25, 0.3) is 0 Å². The molecular formula is C14H26N2O3. The number of hydrogen-bond donors (Lipinski definition) is 1. The van der Waals surface area contributed by atoms with Crippen molar-refractivity contribution < 1.29 is 14.6 Å². The minimum Gasteiger partial charge on any atom is -0.481 e. The fourth-order valence-corrected chi connectivity index (χ4v) is 3.15. The van der Waals surface area contributed by atoms with Crippen molar-refractivity contribution in [2.24, 2.45) is 5.41 Å². The Labute approximate surface area is 115 Å². The molecule has 2 aliphatic rings. The smallest absolute Gasteiger partial charge is 0.309 e. The van der Waals surface area contributed by atoms with Crippen LogP contribution in [0.3, 0.4) is 0 Å². The van der Waals surface area contributed by atoms with Crippen molar-refractivity contribution in [3.05, 3.63) is 0 Å². The van der Waals surface area contributed by atoms with E-state index in [1.165, 1.54) is 0 Å². The average molecular weight is 270 g/mol. The number of carboxylic acid groups (broad SMARTS) is 1. The summed E-state index contributed by atoms with van der Waals surface area (Å²) in [6.07, 6.45) is 2.54. The number of nitrogens with zero attached hydrogens (tertiary/aromatic N) is 2. The van der Waals surface area contributed by atoms with Crippen LogP contribution >= 0.6 is 0 Å². The molecule has 2 heterocycles. The molecule has 19 heavy (non-hydrogen) atoms. The molecule has 0 saturated carbocycles. The van der Waals surface area contributed by atoms with Crippen LogP contribution in [0, 0.1) is 5.41 Å². The highest BCUT2D eigenvalue weighted by atomic mass is 16.5. The Morgan fingerprint density at radius 2 is 2.05 bits per heavy atom. The summed E-state index contributed by atoms with van der Waals surface area (Å²) < 4.78 is 5.78. The van der Waals surface area contributed by atoms with E-state index in [1.807, 2.05) is 6.92 Å². The standard InChI is InChI=1S/C14H26N2O3/c1-3-14(13(17)18)4-6-16(7-5-14)11-12-10-15(2)8-9-19-12/h12H,3-11H2,1-2H3,(H,17,18). The Bertz CT molecular complexity index is 314. The number of aliphatic carboxylic acids is 1. The van der Waals surface area contributed by atoms with E-state index in [1.54, 1.807) is 0 Å². The summed E-state index contributed by atoms with van der Waals surface area (Å²) in [4.78, 5) is 16.1. The number of morpholine rings is 1. The van der Waals surface area contributed by atoms with Crippen LogP contribution < -0.4 is 0 Å². The van der Waals surface area contributed by atoms with Gasteiger partial charge in [0, 0.05) is 19.6 Å². The number of carbonyl (C=O) groups is 1. The zero-order valence-electron chi connectivity index (χ0n) is 12.1. The summed E-state index contributed by atoms with van der Waals surface area (Å²) in [7, 11) is 2.12. The van der Waals surface area contributed by atoms with Crippen LogP contribution in [0.5, 0.6) is 0 Å². The molecule has 0 spiro atoms. The predicted octanol–water partition coefficient (Wildman–Crippen LogP) is 0.894. The average Bonchev–Trinajstić information content (AvgIpc) is 2.39. The highest BCUT2D eigenvalue weighted by Gasteiger charge is 2.40. The maximum absolute atomic E-state index is 11.4. The van der Waals surface area contributed by atoms with E-state index in [-0.39, 0.29) is 6.10 Å². The molecule has 2 rings (SSSR count). The van der Waals surface area contributed by atoms with E-state index < -0.39 is 11.4 Å². The third-order valence-electron chi connectivity index (χ3n) is 4.75.